The van der Waals surface area contributed by atoms with Crippen LogP contribution in [-0.2, 0) is 4.74 Å². The zero-order chi connectivity index (χ0) is 15.7. The maximum Gasteiger partial charge on any atom is 0.266 e. The van der Waals surface area contributed by atoms with Crippen LogP contribution < -0.4 is 0 Å². The van der Waals surface area contributed by atoms with Crippen molar-refractivity contribution < 1.29 is 13.9 Å². The lowest BCUT2D eigenvalue weighted by atomic mass is 10.2. The SMILES string of the molecule is Cc1nc(-c2ccc(F)cc2)sc1C(=O)N1CCO[C@@H](C)C1. The fraction of sp³-hybridized carbons (Fsp3) is 0.375. The Balaban J connectivity index is 1.85. The number of amides is 1. The largest absolute Gasteiger partial charge is 0.375 e. The average molecular weight is 320 g/mol. The summed E-state index contributed by atoms with van der Waals surface area (Å²) in [6.45, 7) is 5.56. The van der Waals surface area contributed by atoms with Crippen molar-refractivity contribution in [2.24, 2.45) is 0 Å². The minimum Gasteiger partial charge on any atom is -0.375 e. The second-order valence-electron chi connectivity index (χ2n) is 5.37. The number of carbonyl (C=O) groups is 1. The fourth-order valence-corrected chi connectivity index (χ4v) is 3.50. The molecule has 0 radical (unpaired) electrons. The van der Waals surface area contributed by atoms with E-state index in [1.54, 1.807) is 12.1 Å². The molecule has 2 heterocycles. The van der Waals surface area contributed by atoms with Gasteiger partial charge in [0.25, 0.3) is 5.91 Å². The summed E-state index contributed by atoms with van der Waals surface area (Å²) in [5, 5.41) is 0.738. The van der Waals surface area contributed by atoms with Crippen molar-refractivity contribution in [2.45, 2.75) is 20.0 Å². The van der Waals surface area contributed by atoms with Gasteiger partial charge in [0.15, 0.2) is 0 Å². The number of benzene rings is 1. The first-order valence-corrected chi connectivity index (χ1v) is 8.00. The number of thiazole rings is 1. The summed E-state index contributed by atoms with van der Waals surface area (Å²) in [5.41, 5.74) is 1.54. The van der Waals surface area contributed by atoms with E-state index < -0.39 is 0 Å². The van der Waals surface area contributed by atoms with E-state index in [4.69, 9.17) is 4.74 Å². The molecule has 0 saturated carbocycles. The van der Waals surface area contributed by atoms with E-state index in [-0.39, 0.29) is 17.8 Å². The smallest absolute Gasteiger partial charge is 0.266 e. The van der Waals surface area contributed by atoms with E-state index in [1.165, 1.54) is 23.5 Å². The van der Waals surface area contributed by atoms with Gasteiger partial charge in [-0.2, -0.15) is 0 Å². The molecule has 1 aliphatic heterocycles. The number of ether oxygens (including phenoxy) is 1. The van der Waals surface area contributed by atoms with Gasteiger partial charge in [-0.05, 0) is 38.1 Å². The second kappa shape index (κ2) is 6.14. The van der Waals surface area contributed by atoms with E-state index in [0.29, 0.717) is 30.3 Å². The molecule has 22 heavy (non-hydrogen) atoms. The molecule has 1 aromatic heterocycles. The summed E-state index contributed by atoms with van der Waals surface area (Å²) in [6.07, 6.45) is 0.0579. The average Bonchev–Trinajstić information content (AvgIpc) is 2.89. The zero-order valence-electron chi connectivity index (χ0n) is 12.5. The number of aryl methyl sites for hydroxylation is 1. The van der Waals surface area contributed by atoms with Crippen molar-refractivity contribution in [3.05, 3.63) is 40.7 Å². The third-order valence-electron chi connectivity index (χ3n) is 3.61. The maximum absolute atomic E-state index is 13.0. The van der Waals surface area contributed by atoms with Gasteiger partial charge in [0.2, 0.25) is 0 Å². The van der Waals surface area contributed by atoms with Crippen molar-refractivity contribution in [1.82, 2.24) is 9.88 Å². The topological polar surface area (TPSA) is 42.4 Å². The van der Waals surface area contributed by atoms with Crippen LogP contribution in [0.25, 0.3) is 10.6 Å². The number of aromatic nitrogens is 1. The first-order chi connectivity index (χ1) is 10.5. The van der Waals surface area contributed by atoms with Gasteiger partial charge in [0.1, 0.15) is 15.7 Å². The molecule has 0 aliphatic carbocycles. The number of nitrogens with zero attached hydrogens (tertiary/aromatic N) is 2. The molecule has 0 spiro atoms. The molecule has 116 valence electrons. The predicted octanol–water partition coefficient (Wildman–Crippen LogP) is 3.12. The Morgan fingerprint density at radius 1 is 1.41 bits per heavy atom. The second-order valence-corrected chi connectivity index (χ2v) is 6.37. The Hall–Kier alpha value is -1.79. The van der Waals surface area contributed by atoms with Crippen molar-refractivity contribution >= 4 is 17.2 Å². The lowest BCUT2D eigenvalue weighted by Crippen LogP contribution is -2.44. The molecule has 0 N–H and O–H groups in total. The zero-order valence-corrected chi connectivity index (χ0v) is 13.3. The molecule has 1 aliphatic rings. The predicted molar refractivity (Wildman–Crippen MR) is 83.6 cm³/mol. The summed E-state index contributed by atoms with van der Waals surface area (Å²) >= 11 is 1.36. The summed E-state index contributed by atoms with van der Waals surface area (Å²) in [6, 6.07) is 6.16. The van der Waals surface area contributed by atoms with Crippen LogP contribution in [0.2, 0.25) is 0 Å². The highest BCUT2D eigenvalue weighted by Crippen LogP contribution is 2.29. The Morgan fingerprint density at radius 3 is 2.82 bits per heavy atom. The summed E-state index contributed by atoms with van der Waals surface area (Å²) in [5.74, 6) is -0.283. The van der Waals surface area contributed by atoms with Gasteiger partial charge in [-0.3, -0.25) is 4.79 Å². The minimum absolute atomic E-state index is 0.00138. The van der Waals surface area contributed by atoms with Gasteiger partial charge < -0.3 is 9.64 Å². The van der Waals surface area contributed by atoms with E-state index in [0.717, 1.165) is 10.6 Å². The van der Waals surface area contributed by atoms with Crippen LogP contribution >= 0.6 is 11.3 Å². The Morgan fingerprint density at radius 2 is 2.14 bits per heavy atom. The van der Waals surface area contributed by atoms with E-state index in [2.05, 4.69) is 4.98 Å². The Bertz CT molecular complexity index is 684. The van der Waals surface area contributed by atoms with Crippen molar-refractivity contribution in [2.75, 3.05) is 19.7 Å². The number of hydrogen-bond acceptors (Lipinski definition) is 4. The van der Waals surface area contributed by atoms with Crippen LogP contribution in [0.1, 0.15) is 22.3 Å². The number of hydrogen-bond donors (Lipinski definition) is 0. The van der Waals surface area contributed by atoms with Crippen molar-refractivity contribution in [3.8, 4) is 10.6 Å². The van der Waals surface area contributed by atoms with Gasteiger partial charge in [-0.15, -0.1) is 11.3 Å². The lowest BCUT2D eigenvalue weighted by molar-refractivity contribution is -0.0122. The number of carbonyl (C=O) groups excluding carboxylic acids is 1. The number of halogens is 1. The molecule has 1 fully saturated rings. The van der Waals surface area contributed by atoms with Crippen LogP contribution in [0.3, 0.4) is 0 Å². The van der Waals surface area contributed by atoms with Gasteiger partial charge in [-0.25, -0.2) is 9.37 Å². The Kier molecular flexibility index (Phi) is 4.22. The Labute approximate surface area is 132 Å². The molecule has 6 heteroatoms. The third kappa shape index (κ3) is 3.03. The highest BCUT2D eigenvalue weighted by Gasteiger charge is 2.26. The van der Waals surface area contributed by atoms with Crippen molar-refractivity contribution in [3.63, 3.8) is 0 Å². The first kappa shape index (κ1) is 15.1. The highest BCUT2D eigenvalue weighted by atomic mass is 32.1. The minimum atomic E-state index is -0.282. The van der Waals surface area contributed by atoms with Gasteiger partial charge in [0, 0.05) is 18.7 Å². The van der Waals surface area contributed by atoms with E-state index >= 15 is 0 Å². The van der Waals surface area contributed by atoms with Gasteiger partial charge in [0.05, 0.1) is 18.4 Å². The third-order valence-corrected chi connectivity index (χ3v) is 4.80. The molecule has 1 amide bonds. The summed E-state index contributed by atoms with van der Waals surface area (Å²) < 4.78 is 18.5. The number of rotatable bonds is 2. The fourth-order valence-electron chi connectivity index (χ4n) is 2.46. The van der Waals surface area contributed by atoms with Crippen LogP contribution in [0, 0.1) is 12.7 Å². The standard InChI is InChI=1S/C16H17FN2O2S/c1-10-9-19(7-8-21-10)16(20)14-11(2)18-15(22-14)12-3-5-13(17)6-4-12/h3-6,10H,7-9H2,1-2H3/t10-/m0/s1. The molecule has 0 unspecified atom stereocenters. The lowest BCUT2D eigenvalue weighted by Gasteiger charge is -2.30. The van der Waals surface area contributed by atoms with Crippen LogP contribution in [0.4, 0.5) is 4.39 Å². The molecule has 2 aromatic rings. The van der Waals surface area contributed by atoms with Crippen LogP contribution in [-0.4, -0.2) is 41.6 Å². The molecule has 1 saturated heterocycles. The quantitative estimate of drug-likeness (QED) is 0.854. The molecule has 0 bridgehead atoms. The van der Waals surface area contributed by atoms with Gasteiger partial charge in [-0.1, -0.05) is 0 Å². The summed E-state index contributed by atoms with van der Waals surface area (Å²) in [4.78, 5) is 19.6. The van der Waals surface area contributed by atoms with E-state index in [1.807, 2.05) is 18.7 Å². The molecular formula is C16H17FN2O2S. The maximum atomic E-state index is 13.0. The van der Waals surface area contributed by atoms with Crippen LogP contribution in [0.5, 0.6) is 0 Å². The number of morpholine rings is 1. The normalized spacial score (nSPS) is 18.5. The summed E-state index contributed by atoms with van der Waals surface area (Å²) in [7, 11) is 0. The van der Waals surface area contributed by atoms with Gasteiger partial charge >= 0.3 is 0 Å². The van der Waals surface area contributed by atoms with E-state index in [9.17, 15) is 9.18 Å². The van der Waals surface area contributed by atoms with Crippen molar-refractivity contribution in [1.29, 1.82) is 0 Å². The first-order valence-electron chi connectivity index (χ1n) is 7.19. The molecule has 3 rings (SSSR count). The molecule has 4 nitrogen and oxygen atoms in total. The molecule has 1 aromatic carbocycles. The molecular weight excluding hydrogens is 303 g/mol. The molecule has 1 atom stereocenters. The highest BCUT2D eigenvalue weighted by molar-refractivity contribution is 7.17. The monoisotopic (exact) mass is 320 g/mol. The van der Waals surface area contributed by atoms with Crippen LogP contribution in [0.15, 0.2) is 24.3 Å².